The van der Waals surface area contributed by atoms with Gasteiger partial charge in [-0.15, -0.1) is 10.2 Å². The van der Waals surface area contributed by atoms with Crippen molar-refractivity contribution < 1.29 is 11.0 Å². The number of aromatic nitrogens is 3. The van der Waals surface area contributed by atoms with Gasteiger partial charge in [-0.25, -0.2) is 0 Å². The molecular weight excluding hydrogens is 208 g/mol. The molecule has 1 aromatic rings. The maximum Gasteiger partial charge on any atom is 0.200 e. The molecule has 1 aliphatic heterocycles. The molecule has 1 aromatic heterocycles. The average molecular weight is 225 g/mol. The lowest BCUT2D eigenvalue weighted by Crippen LogP contribution is -2.31. The van der Waals surface area contributed by atoms with E-state index >= 15 is 0 Å². The molecule has 1 atom stereocenters. The van der Waals surface area contributed by atoms with Crippen LogP contribution >= 0.6 is 15.9 Å². The van der Waals surface area contributed by atoms with Crippen LogP contribution in [0.5, 0.6) is 0 Å². The molecule has 1 aliphatic rings. The van der Waals surface area contributed by atoms with Gasteiger partial charge in [0, 0.05) is 19.8 Å². The Bertz CT molecular complexity index is 524. The van der Waals surface area contributed by atoms with Crippen LogP contribution < -0.4 is 5.32 Å². The van der Waals surface area contributed by atoms with Crippen LogP contribution in [0.1, 0.15) is 29.7 Å². The van der Waals surface area contributed by atoms with Crippen LogP contribution in [0.4, 0.5) is 0 Å². The van der Waals surface area contributed by atoms with Crippen molar-refractivity contribution in [3.8, 4) is 0 Å². The van der Waals surface area contributed by atoms with E-state index in [0.717, 1.165) is 0 Å². The second kappa shape index (κ2) is 2.57. The number of hydrogen-bond acceptors (Lipinski definition) is 3. The van der Waals surface area contributed by atoms with Crippen LogP contribution in [-0.4, -0.2) is 21.3 Å². The number of rotatable bonds is 0. The van der Waals surface area contributed by atoms with Crippen molar-refractivity contribution in [2.45, 2.75) is 19.4 Å². The van der Waals surface area contributed by atoms with E-state index in [2.05, 4.69) is 26.1 Å². The predicted octanol–water partition coefficient (Wildman–Crippen LogP) is 0.705. The van der Waals surface area contributed by atoms with Crippen molar-refractivity contribution in [2.75, 3.05) is 6.50 Å². The summed E-state index contributed by atoms with van der Waals surface area (Å²) in [7, 11) is 0. The van der Waals surface area contributed by atoms with E-state index in [9.17, 15) is 0 Å². The van der Waals surface area contributed by atoms with E-state index < -0.39 is 31.7 Å². The Balaban J connectivity index is 2.78. The molecule has 0 amide bonds. The molecule has 5 heteroatoms. The fourth-order valence-electron chi connectivity index (χ4n) is 0.729. The van der Waals surface area contributed by atoms with Crippen LogP contribution in [0.3, 0.4) is 0 Å². The van der Waals surface area contributed by atoms with Gasteiger partial charge in [0.2, 0.25) is 0 Å². The molecule has 0 bridgehead atoms. The minimum atomic E-state index is -2.96. The van der Waals surface area contributed by atoms with Gasteiger partial charge in [-0.05, 0) is 22.8 Å². The Morgan fingerprint density at radius 2 is 2.91 bits per heavy atom. The first kappa shape index (κ1) is 2.53. The molecule has 2 heterocycles. The fourth-order valence-corrected chi connectivity index (χ4v) is 1.06. The first-order valence-corrected chi connectivity index (χ1v) is 3.55. The third-order valence-electron chi connectivity index (χ3n) is 1.20. The highest BCUT2D eigenvalue weighted by molar-refractivity contribution is 9.10. The Kier molecular flexibility index (Phi) is 0.591. The summed E-state index contributed by atoms with van der Waals surface area (Å²) in [6.07, 6.45) is 0. The lowest BCUT2D eigenvalue weighted by Gasteiger charge is -2.20. The van der Waals surface area contributed by atoms with Gasteiger partial charge < -0.3 is 9.88 Å². The highest BCUT2D eigenvalue weighted by atomic mass is 79.9. The number of fused-ring (bicyclic) bond motifs is 1. The molecule has 0 fully saturated rings. The van der Waals surface area contributed by atoms with E-state index in [1.165, 1.54) is 0 Å². The second-order valence-corrected chi connectivity index (χ2v) is 2.57. The predicted molar refractivity (Wildman–Crippen MR) is 44.1 cm³/mol. The zero-order valence-corrected chi connectivity index (χ0v) is 6.81. The topological polar surface area (TPSA) is 42.7 Å². The Hall–Kier alpha value is -0.420. The smallest absolute Gasteiger partial charge is 0.200 e. The summed E-state index contributed by atoms with van der Waals surface area (Å²) in [5.41, 5.74) is 0. The highest BCUT2D eigenvalue weighted by Crippen LogP contribution is 2.17. The maximum absolute atomic E-state index is 7.98. The minimum absolute atomic E-state index is 0.182. The summed E-state index contributed by atoms with van der Waals surface area (Å²) < 4.78 is 61.4. The zero-order chi connectivity index (χ0) is 14.9. The third kappa shape index (κ3) is 1.08. The van der Waals surface area contributed by atoms with Crippen molar-refractivity contribution in [2.24, 2.45) is 0 Å². The molecular formula is C6H9BrN4. The molecule has 0 aliphatic carbocycles. The first-order chi connectivity index (χ1) is 8.34. The summed E-state index contributed by atoms with van der Waals surface area (Å²) in [4.78, 5) is 0. The van der Waals surface area contributed by atoms with Crippen molar-refractivity contribution in [3.63, 3.8) is 0 Å². The van der Waals surface area contributed by atoms with Crippen LogP contribution in [0, 0.1) is 0 Å². The number of nitrogens with one attached hydrogen (secondary N) is 1. The molecule has 0 saturated heterocycles. The first-order valence-electron chi connectivity index (χ1n) is 6.76. The summed E-state index contributed by atoms with van der Waals surface area (Å²) in [5.74, 6) is -0.514. The second-order valence-electron chi connectivity index (χ2n) is 1.86. The Morgan fingerprint density at radius 1 is 2.00 bits per heavy atom. The zero-order valence-electron chi connectivity index (χ0n) is 13.2. The molecule has 4 nitrogen and oxygen atoms in total. The molecule has 1 N–H and O–H groups in total. The Labute approximate surface area is 84.4 Å². The quantitative estimate of drug-likeness (QED) is 0.706. The largest absolute Gasteiger partial charge is 0.306 e. The SMILES string of the molecule is [2H]C([2H])([2H])C1([2H])NC([2H])([2H])C([2H])([2H])n2c(Br)nnc21. The maximum atomic E-state index is 7.98. The van der Waals surface area contributed by atoms with Crippen molar-refractivity contribution >= 4 is 15.9 Å². The van der Waals surface area contributed by atoms with Crippen LogP contribution in [-0.2, 0) is 6.50 Å². The third-order valence-corrected chi connectivity index (χ3v) is 1.72. The molecule has 0 aromatic carbocycles. The van der Waals surface area contributed by atoms with Crippen LogP contribution in [0.2, 0.25) is 0 Å². The van der Waals surface area contributed by atoms with Gasteiger partial charge in [-0.3, -0.25) is 0 Å². The molecule has 0 radical (unpaired) electrons. The molecule has 60 valence electrons. The minimum Gasteiger partial charge on any atom is -0.306 e. The molecule has 11 heavy (non-hydrogen) atoms. The van der Waals surface area contributed by atoms with Gasteiger partial charge in [0.05, 0.1) is 10.1 Å². The summed E-state index contributed by atoms with van der Waals surface area (Å²) in [6.45, 7) is -8.40. The normalized spacial score (nSPS) is 51.0. The molecule has 1 unspecified atom stereocenters. The summed E-state index contributed by atoms with van der Waals surface area (Å²) >= 11 is 2.89. The molecule has 0 spiro atoms. The summed E-state index contributed by atoms with van der Waals surface area (Å²) in [6, 6.07) is -2.60. The van der Waals surface area contributed by atoms with Gasteiger partial charge in [-0.2, -0.15) is 0 Å². The lowest BCUT2D eigenvalue weighted by molar-refractivity contribution is 0.433. The van der Waals surface area contributed by atoms with Crippen molar-refractivity contribution in [1.29, 1.82) is 0 Å². The van der Waals surface area contributed by atoms with E-state index in [-0.39, 0.29) is 4.73 Å². The van der Waals surface area contributed by atoms with Crippen molar-refractivity contribution in [3.05, 3.63) is 10.6 Å². The van der Waals surface area contributed by atoms with E-state index in [4.69, 9.17) is 11.0 Å². The van der Waals surface area contributed by atoms with Gasteiger partial charge >= 0.3 is 0 Å². The van der Waals surface area contributed by atoms with Crippen molar-refractivity contribution in [1.82, 2.24) is 20.1 Å². The van der Waals surface area contributed by atoms with E-state index in [1.807, 2.05) is 5.32 Å². The van der Waals surface area contributed by atoms with Gasteiger partial charge in [-0.1, -0.05) is 0 Å². The average Bonchev–Trinajstić information content (AvgIpc) is 2.56. The standard InChI is InChI=1S/C6H9BrN4/c1-4-5-9-10-6(7)11(5)3-2-8-4/h4,8H,2-3H2,1H3/i1D3,2D2,3D2,4D. The monoisotopic (exact) mass is 224 g/mol. The molecule has 2 rings (SSSR count). The number of nitrogens with zero attached hydrogens (tertiary/aromatic N) is 3. The van der Waals surface area contributed by atoms with E-state index in [0.29, 0.717) is 4.57 Å². The fraction of sp³-hybridized carbons (Fsp3) is 0.667. The Morgan fingerprint density at radius 3 is 3.73 bits per heavy atom. The van der Waals surface area contributed by atoms with Gasteiger partial charge in [0.25, 0.3) is 0 Å². The molecule has 0 saturated carbocycles. The van der Waals surface area contributed by atoms with E-state index in [1.54, 1.807) is 0 Å². The van der Waals surface area contributed by atoms with Crippen LogP contribution in [0.25, 0.3) is 0 Å². The van der Waals surface area contributed by atoms with Gasteiger partial charge in [0.15, 0.2) is 10.6 Å². The van der Waals surface area contributed by atoms with Gasteiger partial charge in [0.1, 0.15) is 0 Å². The highest BCUT2D eigenvalue weighted by Gasteiger charge is 2.19. The van der Waals surface area contributed by atoms with Crippen LogP contribution in [0.15, 0.2) is 4.73 Å². The number of hydrogen-bond donors (Lipinski definition) is 1. The summed E-state index contributed by atoms with van der Waals surface area (Å²) in [5, 5.41) is 8.86. The number of halogens is 1. The lowest BCUT2D eigenvalue weighted by atomic mass is 10.2.